The minimum atomic E-state index is -4.45. The number of benzene rings is 2. The van der Waals surface area contributed by atoms with Crippen LogP contribution in [0.25, 0.3) is 22.2 Å². The van der Waals surface area contributed by atoms with Crippen molar-refractivity contribution >= 4 is 33.9 Å². The summed E-state index contributed by atoms with van der Waals surface area (Å²) in [6.45, 7) is 8.78. The number of pyridine rings is 1. The highest BCUT2D eigenvalue weighted by atomic mass is 35.5. The predicted molar refractivity (Wildman–Crippen MR) is 172 cm³/mol. The molecule has 2 aromatic carbocycles. The van der Waals surface area contributed by atoms with Gasteiger partial charge in [-0.05, 0) is 54.5 Å². The smallest absolute Gasteiger partial charge is 0.383 e. The zero-order chi connectivity index (χ0) is 33.0. The number of hydrogen-bond acceptors (Lipinski definition) is 7. The number of nitriles is 1. The first-order valence-corrected chi connectivity index (χ1v) is 15.2. The van der Waals surface area contributed by atoms with Gasteiger partial charge in [0.25, 0.3) is 0 Å². The van der Waals surface area contributed by atoms with Gasteiger partial charge in [0.05, 0.1) is 39.7 Å². The topological polar surface area (TPSA) is 109 Å². The third-order valence-electron chi connectivity index (χ3n) is 8.32. The summed E-state index contributed by atoms with van der Waals surface area (Å²) in [6, 6.07) is 12.7. The van der Waals surface area contributed by atoms with E-state index in [0.29, 0.717) is 45.1 Å². The molecule has 0 aliphatic heterocycles. The number of hydrogen-bond donors (Lipinski definition) is 2. The molecule has 0 amide bonds. The molecule has 238 valence electrons. The molecule has 1 aliphatic rings. The average molecular weight is 648 g/mol. The quantitative estimate of drug-likeness (QED) is 0.177. The fourth-order valence-corrected chi connectivity index (χ4v) is 5.90. The summed E-state index contributed by atoms with van der Waals surface area (Å²) in [4.78, 5) is 4.45. The van der Waals surface area contributed by atoms with E-state index in [1.165, 1.54) is 12.4 Å². The Bertz CT molecular complexity index is 1980. The first kappa shape index (κ1) is 31.4. The average Bonchev–Trinajstić information content (AvgIpc) is 3.48. The third-order valence-corrected chi connectivity index (χ3v) is 8.61. The highest BCUT2D eigenvalue weighted by molar-refractivity contribution is 6.35. The number of halogens is 4. The molecule has 13 heteroatoms. The molecule has 5 aromatic rings. The Hall–Kier alpha value is -4.63. The summed E-state index contributed by atoms with van der Waals surface area (Å²) >= 11 is 6.78. The molecule has 1 fully saturated rings. The Morgan fingerprint density at radius 3 is 2.54 bits per heavy atom. The fraction of sp³-hybridized carbons (Fsp3) is 0.364. The van der Waals surface area contributed by atoms with Crippen LogP contribution in [0.4, 0.5) is 24.5 Å². The van der Waals surface area contributed by atoms with Crippen molar-refractivity contribution in [2.24, 2.45) is 12.5 Å². The van der Waals surface area contributed by atoms with Gasteiger partial charge in [-0.2, -0.15) is 23.5 Å². The van der Waals surface area contributed by atoms with Crippen molar-refractivity contribution in [2.45, 2.75) is 58.3 Å². The van der Waals surface area contributed by atoms with Gasteiger partial charge in [-0.25, -0.2) is 4.68 Å². The fourth-order valence-electron chi connectivity index (χ4n) is 5.63. The monoisotopic (exact) mass is 647 g/mol. The van der Waals surface area contributed by atoms with E-state index >= 15 is 0 Å². The number of nitrogens with zero attached hydrogens (tertiary/aromatic N) is 7. The van der Waals surface area contributed by atoms with Crippen LogP contribution in [-0.4, -0.2) is 42.5 Å². The second-order valence-electron chi connectivity index (χ2n) is 13.0. The van der Waals surface area contributed by atoms with Crippen molar-refractivity contribution in [1.82, 2.24) is 29.8 Å². The lowest BCUT2D eigenvalue weighted by molar-refractivity contribution is -0.182. The Labute approximate surface area is 269 Å². The molecule has 1 aliphatic carbocycles. The minimum absolute atomic E-state index is 0.0512. The predicted octanol–water partition coefficient (Wildman–Crippen LogP) is 7.77. The van der Waals surface area contributed by atoms with E-state index in [9.17, 15) is 18.4 Å². The number of anilines is 2. The lowest BCUT2D eigenvalue weighted by atomic mass is 9.93. The second kappa shape index (κ2) is 11.3. The molecule has 0 bridgehead atoms. The molecular formula is C33H33ClF3N9. The van der Waals surface area contributed by atoms with Crippen LogP contribution in [-0.2, 0) is 12.6 Å². The van der Waals surface area contributed by atoms with Crippen molar-refractivity contribution in [3.05, 3.63) is 82.4 Å². The van der Waals surface area contributed by atoms with Crippen LogP contribution in [0.2, 0.25) is 5.02 Å². The van der Waals surface area contributed by atoms with Crippen LogP contribution in [0.1, 0.15) is 62.0 Å². The van der Waals surface area contributed by atoms with Gasteiger partial charge in [0.1, 0.15) is 11.8 Å². The standard InChI is InChI=1S/C33H33ClF3N9/c1-19-22(26-9-12-45(5)43-26)7-6-8-23(19)30(27-17-46(44-42-27)32(10-11-32)33(35,36)37)41-21-13-24-28(40-18-31(2,3)4)20(15-38)16-39-29(24)25(34)14-21/h6-9,12-14,16-17,30,41H,10-11,18H2,1-5H3,(H,39,40)/t30-/m0/s1. The summed E-state index contributed by atoms with van der Waals surface area (Å²) in [5.74, 6) is 0. The Balaban J connectivity index is 1.48. The van der Waals surface area contributed by atoms with Gasteiger partial charge in [-0.1, -0.05) is 55.8 Å². The van der Waals surface area contributed by atoms with Crippen molar-refractivity contribution in [1.29, 1.82) is 5.26 Å². The Kier molecular flexibility index (Phi) is 7.71. The number of aromatic nitrogens is 6. The lowest BCUT2D eigenvalue weighted by Gasteiger charge is -2.23. The normalized spacial score (nSPS) is 15.0. The number of aryl methyl sites for hydroxylation is 1. The summed E-state index contributed by atoms with van der Waals surface area (Å²) in [5.41, 5.74) is 3.51. The van der Waals surface area contributed by atoms with E-state index in [1.54, 1.807) is 10.7 Å². The van der Waals surface area contributed by atoms with Gasteiger partial charge in [0, 0.05) is 42.6 Å². The molecule has 0 unspecified atom stereocenters. The molecule has 1 atom stereocenters. The molecule has 2 N–H and O–H groups in total. The van der Waals surface area contributed by atoms with E-state index in [1.807, 2.05) is 50.5 Å². The van der Waals surface area contributed by atoms with Crippen LogP contribution >= 0.6 is 11.6 Å². The van der Waals surface area contributed by atoms with Crippen LogP contribution in [0.5, 0.6) is 0 Å². The van der Waals surface area contributed by atoms with Crippen LogP contribution in [0.3, 0.4) is 0 Å². The van der Waals surface area contributed by atoms with Gasteiger partial charge in [0.2, 0.25) is 0 Å². The van der Waals surface area contributed by atoms with Crippen LogP contribution < -0.4 is 10.6 Å². The maximum Gasteiger partial charge on any atom is 0.413 e. The highest BCUT2D eigenvalue weighted by Crippen LogP contribution is 2.55. The SMILES string of the molecule is Cc1c(-c2ccn(C)n2)cccc1[C@H](Nc1cc(Cl)c2ncc(C#N)c(NCC(C)(C)C)c2c1)c1cn(C2(C(F)(F)F)CC2)nn1. The van der Waals surface area contributed by atoms with Gasteiger partial charge in [0.15, 0.2) is 5.54 Å². The summed E-state index contributed by atoms with van der Waals surface area (Å²) in [5, 5.41) is 30.6. The summed E-state index contributed by atoms with van der Waals surface area (Å²) < 4.78 is 44.8. The summed E-state index contributed by atoms with van der Waals surface area (Å²) in [6.07, 6.45) is 0.160. The maximum absolute atomic E-state index is 14.0. The first-order valence-electron chi connectivity index (χ1n) is 14.8. The van der Waals surface area contributed by atoms with Crippen molar-refractivity contribution in [3.63, 3.8) is 0 Å². The zero-order valence-electron chi connectivity index (χ0n) is 26.0. The number of rotatable bonds is 8. The van der Waals surface area contributed by atoms with E-state index < -0.39 is 17.8 Å². The van der Waals surface area contributed by atoms with Crippen LogP contribution in [0, 0.1) is 23.7 Å². The Morgan fingerprint density at radius 2 is 1.91 bits per heavy atom. The lowest BCUT2D eigenvalue weighted by Crippen LogP contribution is -2.35. The van der Waals surface area contributed by atoms with Crippen LogP contribution in [0.15, 0.2) is 55.0 Å². The highest BCUT2D eigenvalue weighted by Gasteiger charge is 2.66. The summed E-state index contributed by atoms with van der Waals surface area (Å²) in [7, 11) is 1.83. The molecule has 0 radical (unpaired) electrons. The molecule has 6 rings (SSSR count). The molecule has 0 spiro atoms. The van der Waals surface area contributed by atoms with E-state index in [4.69, 9.17) is 11.6 Å². The first-order chi connectivity index (χ1) is 21.7. The second-order valence-corrected chi connectivity index (χ2v) is 13.4. The Morgan fingerprint density at radius 1 is 1.15 bits per heavy atom. The molecule has 1 saturated carbocycles. The van der Waals surface area contributed by atoms with Crippen molar-refractivity contribution in [2.75, 3.05) is 17.2 Å². The number of nitrogens with one attached hydrogen (secondary N) is 2. The minimum Gasteiger partial charge on any atom is -0.383 e. The maximum atomic E-state index is 14.0. The van der Waals surface area contributed by atoms with Crippen molar-refractivity contribution in [3.8, 4) is 17.3 Å². The van der Waals surface area contributed by atoms with E-state index in [0.717, 1.165) is 27.1 Å². The number of alkyl halides is 3. The molecule has 0 saturated heterocycles. The van der Waals surface area contributed by atoms with Gasteiger partial charge < -0.3 is 10.6 Å². The van der Waals surface area contributed by atoms with Gasteiger partial charge in [-0.3, -0.25) is 9.67 Å². The van der Waals surface area contributed by atoms with E-state index in [-0.39, 0.29) is 18.3 Å². The zero-order valence-corrected chi connectivity index (χ0v) is 26.8. The number of fused-ring (bicyclic) bond motifs is 1. The largest absolute Gasteiger partial charge is 0.413 e. The molecule has 9 nitrogen and oxygen atoms in total. The van der Waals surface area contributed by atoms with Crippen molar-refractivity contribution < 1.29 is 13.2 Å². The van der Waals surface area contributed by atoms with E-state index in [2.05, 4.69) is 57.9 Å². The molecule has 46 heavy (non-hydrogen) atoms. The van der Waals surface area contributed by atoms with Gasteiger partial charge in [-0.15, -0.1) is 5.10 Å². The van der Waals surface area contributed by atoms with Gasteiger partial charge >= 0.3 is 6.18 Å². The molecular weight excluding hydrogens is 615 g/mol. The third kappa shape index (κ3) is 5.75. The molecule has 3 heterocycles. The molecule has 3 aromatic heterocycles.